The smallest absolute Gasteiger partial charge is 0.339 e. The van der Waals surface area contributed by atoms with Gasteiger partial charge in [-0.1, -0.05) is 59.6 Å². The predicted octanol–water partition coefficient (Wildman–Crippen LogP) is 5.78. The SMILES string of the molecule is CCn1nc(-c2c(-c3ccccc3)ccc(F)c2C(=O)O)cc(NC(=O)Nc2c(Cl)cncc2Cl)c1=O. The van der Waals surface area contributed by atoms with Crippen LogP contribution in [0.5, 0.6) is 0 Å². The van der Waals surface area contributed by atoms with Crippen LogP contribution in [0.1, 0.15) is 17.3 Å². The van der Waals surface area contributed by atoms with Crippen molar-refractivity contribution in [3.05, 3.63) is 92.7 Å². The largest absolute Gasteiger partial charge is 0.478 e. The second-order valence-corrected chi connectivity index (χ2v) is 8.45. The van der Waals surface area contributed by atoms with Crippen LogP contribution in [0.15, 0.2) is 65.7 Å². The van der Waals surface area contributed by atoms with Crippen LogP contribution >= 0.6 is 23.2 Å². The summed E-state index contributed by atoms with van der Waals surface area (Å²) in [5, 5.41) is 19.1. The van der Waals surface area contributed by atoms with Crippen molar-refractivity contribution in [2.75, 3.05) is 10.6 Å². The molecule has 2 amide bonds. The molecule has 0 saturated heterocycles. The lowest BCUT2D eigenvalue weighted by atomic mass is 9.92. The highest BCUT2D eigenvalue weighted by atomic mass is 35.5. The van der Waals surface area contributed by atoms with E-state index in [1.807, 2.05) is 0 Å². The molecule has 9 nitrogen and oxygen atoms in total. The van der Waals surface area contributed by atoms with Crippen LogP contribution in [-0.4, -0.2) is 31.9 Å². The van der Waals surface area contributed by atoms with Crippen LogP contribution in [-0.2, 0) is 6.54 Å². The van der Waals surface area contributed by atoms with Crippen LogP contribution in [0.2, 0.25) is 10.0 Å². The molecule has 12 heteroatoms. The zero-order chi connectivity index (χ0) is 26.7. The molecule has 0 saturated carbocycles. The van der Waals surface area contributed by atoms with Gasteiger partial charge in [-0.25, -0.2) is 18.7 Å². The van der Waals surface area contributed by atoms with E-state index in [0.717, 1.165) is 10.7 Å². The molecule has 2 aromatic carbocycles. The van der Waals surface area contributed by atoms with Crippen molar-refractivity contribution in [2.45, 2.75) is 13.5 Å². The Morgan fingerprint density at radius 2 is 1.73 bits per heavy atom. The Labute approximate surface area is 219 Å². The number of rotatable bonds is 6. The molecule has 37 heavy (non-hydrogen) atoms. The third-order valence-electron chi connectivity index (χ3n) is 5.32. The maximum atomic E-state index is 14.8. The molecule has 0 bridgehead atoms. The number of nitrogens with one attached hydrogen (secondary N) is 2. The minimum Gasteiger partial charge on any atom is -0.478 e. The van der Waals surface area contributed by atoms with E-state index in [9.17, 15) is 23.9 Å². The second kappa shape index (κ2) is 10.8. The van der Waals surface area contributed by atoms with Gasteiger partial charge < -0.3 is 15.7 Å². The fraction of sp³-hybridized carbons (Fsp3) is 0.0800. The summed E-state index contributed by atoms with van der Waals surface area (Å²) in [6.07, 6.45) is 2.56. The normalized spacial score (nSPS) is 10.7. The minimum atomic E-state index is -1.52. The third-order valence-corrected chi connectivity index (χ3v) is 5.90. The summed E-state index contributed by atoms with van der Waals surface area (Å²) < 4.78 is 15.8. The van der Waals surface area contributed by atoms with Crippen molar-refractivity contribution >= 4 is 46.6 Å². The molecule has 0 fully saturated rings. The molecule has 4 aromatic rings. The van der Waals surface area contributed by atoms with Crippen molar-refractivity contribution < 1.29 is 19.1 Å². The Hall–Kier alpha value is -4.28. The number of hydrogen-bond acceptors (Lipinski definition) is 5. The summed E-state index contributed by atoms with van der Waals surface area (Å²) in [7, 11) is 0. The molecule has 2 heterocycles. The minimum absolute atomic E-state index is 0.0347. The standard InChI is InChI=1S/C25H18Cl2FN5O4/c1-2-33-23(34)19(30-25(37)31-22-15(26)11-29-12-16(22)27)10-18(32-33)20-14(13-6-4-3-5-7-13)8-9-17(28)21(20)24(35)36/h3-12H,2H2,1H3,(H,35,36)(H2,29,30,31,37). The van der Waals surface area contributed by atoms with E-state index in [-0.39, 0.29) is 39.2 Å². The highest BCUT2D eigenvalue weighted by Crippen LogP contribution is 2.36. The third kappa shape index (κ3) is 5.30. The first-order valence-electron chi connectivity index (χ1n) is 10.8. The highest BCUT2D eigenvalue weighted by Gasteiger charge is 2.24. The number of hydrogen-bond donors (Lipinski definition) is 3. The van der Waals surface area contributed by atoms with Gasteiger partial charge >= 0.3 is 12.0 Å². The van der Waals surface area contributed by atoms with Gasteiger partial charge in [-0.3, -0.25) is 9.78 Å². The number of benzene rings is 2. The van der Waals surface area contributed by atoms with Gasteiger partial charge in [0.2, 0.25) is 0 Å². The van der Waals surface area contributed by atoms with E-state index >= 15 is 0 Å². The number of amides is 2. The molecular formula is C25H18Cl2FN5O4. The summed E-state index contributed by atoms with van der Waals surface area (Å²) in [5.41, 5.74) is -0.555. The Balaban J connectivity index is 1.87. The Bertz CT molecular complexity index is 1560. The van der Waals surface area contributed by atoms with Gasteiger partial charge in [0.05, 0.1) is 21.4 Å². The maximum Gasteiger partial charge on any atom is 0.339 e. The number of anilines is 2. The number of nitrogens with zero attached hydrogens (tertiary/aromatic N) is 3. The summed E-state index contributed by atoms with van der Waals surface area (Å²) in [4.78, 5) is 41.6. The second-order valence-electron chi connectivity index (χ2n) is 7.64. The Morgan fingerprint density at radius 1 is 1.05 bits per heavy atom. The molecule has 2 aromatic heterocycles. The number of carbonyl (C=O) groups is 2. The fourth-order valence-corrected chi connectivity index (χ4v) is 4.14. The first-order chi connectivity index (χ1) is 17.7. The van der Waals surface area contributed by atoms with E-state index in [2.05, 4.69) is 20.7 Å². The van der Waals surface area contributed by atoms with Gasteiger partial charge in [0.1, 0.15) is 17.1 Å². The average molecular weight is 542 g/mol. The number of pyridine rings is 1. The van der Waals surface area contributed by atoms with Gasteiger partial charge in [0.25, 0.3) is 5.56 Å². The van der Waals surface area contributed by atoms with Crippen LogP contribution in [0, 0.1) is 5.82 Å². The molecule has 4 rings (SSSR count). The van der Waals surface area contributed by atoms with E-state index in [4.69, 9.17) is 23.2 Å². The van der Waals surface area contributed by atoms with Gasteiger partial charge in [0, 0.05) is 24.5 Å². The van der Waals surface area contributed by atoms with Crippen LogP contribution in [0.25, 0.3) is 22.4 Å². The summed E-state index contributed by atoms with van der Waals surface area (Å²) in [6.45, 7) is 1.73. The van der Waals surface area contributed by atoms with Gasteiger partial charge in [-0.2, -0.15) is 5.10 Å². The summed E-state index contributed by atoms with van der Waals surface area (Å²) in [5.74, 6) is -2.50. The summed E-state index contributed by atoms with van der Waals surface area (Å²) >= 11 is 12.1. The van der Waals surface area contributed by atoms with Gasteiger partial charge in [-0.05, 0) is 30.2 Å². The van der Waals surface area contributed by atoms with Crippen LogP contribution in [0.4, 0.5) is 20.6 Å². The molecule has 0 aliphatic heterocycles. The topological polar surface area (TPSA) is 126 Å². The number of aryl methyl sites for hydroxylation is 1. The number of carboxylic acid groups (broad SMARTS) is 1. The predicted molar refractivity (Wildman–Crippen MR) is 139 cm³/mol. The highest BCUT2D eigenvalue weighted by molar-refractivity contribution is 6.39. The van der Waals surface area contributed by atoms with Gasteiger partial charge in [0.15, 0.2) is 0 Å². The van der Waals surface area contributed by atoms with Crippen LogP contribution < -0.4 is 16.2 Å². The zero-order valence-corrected chi connectivity index (χ0v) is 20.6. The lowest BCUT2D eigenvalue weighted by Crippen LogP contribution is -2.30. The monoisotopic (exact) mass is 541 g/mol. The van der Waals surface area contributed by atoms with Crippen molar-refractivity contribution in [3.8, 4) is 22.4 Å². The first kappa shape index (κ1) is 25.8. The van der Waals surface area contributed by atoms with E-state index in [1.165, 1.54) is 24.5 Å². The fourth-order valence-electron chi connectivity index (χ4n) is 3.68. The molecule has 0 radical (unpaired) electrons. The molecule has 0 aliphatic carbocycles. The first-order valence-corrected chi connectivity index (χ1v) is 11.6. The molecule has 188 valence electrons. The quantitative estimate of drug-likeness (QED) is 0.284. The average Bonchev–Trinajstić information content (AvgIpc) is 2.87. The van der Waals surface area contributed by atoms with Gasteiger partial charge in [-0.15, -0.1) is 0 Å². The number of urea groups is 1. The maximum absolute atomic E-state index is 14.8. The lowest BCUT2D eigenvalue weighted by molar-refractivity contribution is 0.0692. The van der Waals surface area contributed by atoms with E-state index in [1.54, 1.807) is 37.3 Å². The van der Waals surface area contributed by atoms with Crippen molar-refractivity contribution in [1.29, 1.82) is 0 Å². The molecule has 0 unspecified atom stereocenters. The number of halogens is 3. The number of carbonyl (C=O) groups excluding carboxylic acids is 1. The van der Waals surface area contributed by atoms with E-state index in [0.29, 0.717) is 11.1 Å². The lowest BCUT2D eigenvalue weighted by Gasteiger charge is -2.16. The molecule has 3 N–H and O–H groups in total. The van der Waals surface area contributed by atoms with E-state index < -0.39 is 28.9 Å². The Kier molecular flexibility index (Phi) is 7.51. The van der Waals surface area contributed by atoms with Crippen molar-refractivity contribution in [2.24, 2.45) is 0 Å². The van der Waals surface area contributed by atoms with Crippen molar-refractivity contribution in [1.82, 2.24) is 14.8 Å². The van der Waals surface area contributed by atoms with Crippen molar-refractivity contribution in [3.63, 3.8) is 0 Å². The Morgan fingerprint density at radius 3 is 2.35 bits per heavy atom. The number of carboxylic acids is 1. The summed E-state index contributed by atoms with van der Waals surface area (Å²) in [6, 6.07) is 11.6. The molecule has 0 aliphatic rings. The molecule has 0 atom stereocenters. The number of aromatic carboxylic acids is 1. The van der Waals surface area contributed by atoms with Crippen LogP contribution in [0.3, 0.4) is 0 Å². The zero-order valence-electron chi connectivity index (χ0n) is 19.1. The molecular weight excluding hydrogens is 524 g/mol. The number of aromatic nitrogens is 3. The molecule has 0 spiro atoms.